The van der Waals surface area contributed by atoms with E-state index in [0.29, 0.717) is 31.9 Å². The Balaban J connectivity index is 1.67. The Labute approximate surface area is 154 Å². The smallest absolute Gasteiger partial charge is 0.306 e. The highest BCUT2D eigenvalue weighted by molar-refractivity contribution is 5.70. The minimum absolute atomic E-state index is 0.122. The number of carbonyl (C=O) groups is 1. The SMILES string of the molecule is CC(C)(C)c1ccc(Nc2nccc(N3CCC(C(=O)O)CC3)n2)cc1. The molecule has 1 fully saturated rings. The van der Waals surface area contributed by atoms with Crippen LogP contribution >= 0.6 is 0 Å². The van der Waals surface area contributed by atoms with Crippen molar-refractivity contribution in [3.05, 3.63) is 42.1 Å². The van der Waals surface area contributed by atoms with Crippen molar-refractivity contribution in [2.45, 2.75) is 39.0 Å². The first-order chi connectivity index (χ1) is 12.3. The molecule has 1 aromatic carbocycles. The molecule has 2 N–H and O–H groups in total. The maximum absolute atomic E-state index is 11.1. The van der Waals surface area contributed by atoms with Gasteiger partial charge in [-0.1, -0.05) is 32.9 Å². The van der Waals surface area contributed by atoms with E-state index in [9.17, 15) is 4.79 Å². The lowest BCUT2D eigenvalue weighted by atomic mass is 9.87. The Bertz CT molecular complexity index is 760. The molecule has 0 aliphatic carbocycles. The summed E-state index contributed by atoms with van der Waals surface area (Å²) in [5, 5.41) is 12.4. The van der Waals surface area contributed by atoms with Crippen molar-refractivity contribution in [2.24, 2.45) is 5.92 Å². The summed E-state index contributed by atoms with van der Waals surface area (Å²) in [5.74, 6) is 0.435. The third-order valence-electron chi connectivity index (χ3n) is 4.82. The van der Waals surface area contributed by atoms with Crippen LogP contribution in [0.3, 0.4) is 0 Å². The fraction of sp³-hybridized carbons (Fsp3) is 0.450. The molecule has 1 aromatic heterocycles. The summed E-state index contributed by atoms with van der Waals surface area (Å²) in [6.45, 7) is 7.97. The summed E-state index contributed by atoms with van der Waals surface area (Å²) < 4.78 is 0. The Hall–Kier alpha value is -2.63. The molecule has 2 aromatic rings. The van der Waals surface area contributed by atoms with Crippen LogP contribution in [0.1, 0.15) is 39.2 Å². The van der Waals surface area contributed by atoms with Gasteiger partial charge < -0.3 is 15.3 Å². The molecule has 26 heavy (non-hydrogen) atoms. The van der Waals surface area contributed by atoms with Gasteiger partial charge in [-0.3, -0.25) is 4.79 Å². The van der Waals surface area contributed by atoms with Crippen LogP contribution in [0.4, 0.5) is 17.5 Å². The molecule has 0 amide bonds. The predicted molar refractivity (Wildman–Crippen MR) is 103 cm³/mol. The highest BCUT2D eigenvalue weighted by atomic mass is 16.4. The number of anilines is 3. The zero-order valence-corrected chi connectivity index (χ0v) is 15.6. The normalized spacial score (nSPS) is 15.7. The molecule has 2 heterocycles. The fourth-order valence-corrected chi connectivity index (χ4v) is 3.12. The minimum Gasteiger partial charge on any atom is -0.481 e. The Morgan fingerprint density at radius 2 is 1.81 bits per heavy atom. The van der Waals surface area contributed by atoms with Gasteiger partial charge in [0, 0.05) is 25.0 Å². The maximum atomic E-state index is 11.1. The second kappa shape index (κ2) is 7.32. The third kappa shape index (κ3) is 4.31. The second-order valence-electron chi connectivity index (χ2n) is 7.79. The third-order valence-corrected chi connectivity index (χ3v) is 4.82. The van der Waals surface area contributed by atoms with Gasteiger partial charge in [-0.25, -0.2) is 4.98 Å². The van der Waals surface area contributed by atoms with Gasteiger partial charge in [-0.05, 0) is 42.0 Å². The maximum Gasteiger partial charge on any atom is 0.306 e. The van der Waals surface area contributed by atoms with Gasteiger partial charge in [0.2, 0.25) is 5.95 Å². The summed E-state index contributed by atoms with van der Waals surface area (Å²) in [5.41, 5.74) is 2.34. The average molecular weight is 354 g/mol. The van der Waals surface area contributed by atoms with E-state index in [-0.39, 0.29) is 11.3 Å². The number of carboxylic acids is 1. The molecule has 0 bridgehead atoms. The van der Waals surface area contributed by atoms with Crippen LogP contribution < -0.4 is 10.2 Å². The molecule has 6 heteroatoms. The van der Waals surface area contributed by atoms with Crippen molar-refractivity contribution in [1.82, 2.24) is 9.97 Å². The molecule has 0 atom stereocenters. The molecule has 0 saturated carbocycles. The molecular formula is C20H26N4O2. The average Bonchev–Trinajstić information content (AvgIpc) is 2.62. The molecular weight excluding hydrogens is 328 g/mol. The lowest BCUT2D eigenvalue weighted by molar-refractivity contribution is -0.142. The Morgan fingerprint density at radius 3 is 2.38 bits per heavy atom. The number of aromatic nitrogens is 2. The van der Waals surface area contributed by atoms with Crippen molar-refractivity contribution >= 4 is 23.4 Å². The van der Waals surface area contributed by atoms with E-state index >= 15 is 0 Å². The fourth-order valence-electron chi connectivity index (χ4n) is 3.12. The second-order valence-corrected chi connectivity index (χ2v) is 7.79. The van der Waals surface area contributed by atoms with Crippen molar-refractivity contribution in [3.8, 4) is 0 Å². The predicted octanol–water partition coefficient (Wildman–Crippen LogP) is 3.82. The van der Waals surface area contributed by atoms with Gasteiger partial charge in [0.15, 0.2) is 0 Å². The van der Waals surface area contributed by atoms with Gasteiger partial charge in [0.05, 0.1) is 5.92 Å². The van der Waals surface area contributed by atoms with Gasteiger partial charge >= 0.3 is 5.97 Å². The standard InChI is InChI=1S/C20H26N4O2/c1-20(2,3)15-4-6-16(7-5-15)22-19-21-11-8-17(23-19)24-12-9-14(10-13-24)18(25)26/h4-8,11,14H,9-10,12-13H2,1-3H3,(H,25,26)(H,21,22,23). The summed E-state index contributed by atoms with van der Waals surface area (Å²) in [6.07, 6.45) is 3.03. The van der Waals surface area contributed by atoms with Gasteiger partial charge in [-0.2, -0.15) is 4.98 Å². The zero-order chi connectivity index (χ0) is 18.7. The highest BCUT2D eigenvalue weighted by Crippen LogP contribution is 2.25. The van der Waals surface area contributed by atoms with Crippen molar-refractivity contribution in [3.63, 3.8) is 0 Å². The summed E-state index contributed by atoms with van der Waals surface area (Å²) in [6, 6.07) is 10.2. The molecule has 1 saturated heterocycles. The van der Waals surface area contributed by atoms with Crippen LogP contribution in [0.2, 0.25) is 0 Å². The zero-order valence-electron chi connectivity index (χ0n) is 15.6. The van der Waals surface area contributed by atoms with E-state index in [4.69, 9.17) is 5.11 Å². The van der Waals surface area contributed by atoms with Crippen LogP contribution in [-0.4, -0.2) is 34.1 Å². The van der Waals surface area contributed by atoms with E-state index in [0.717, 1.165) is 11.5 Å². The number of nitrogens with zero attached hydrogens (tertiary/aromatic N) is 3. The quantitative estimate of drug-likeness (QED) is 0.869. The van der Waals surface area contributed by atoms with E-state index in [1.807, 2.05) is 18.2 Å². The number of aliphatic carboxylic acids is 1. The van der Waals surface area contributed by atoms with Crippen molar-refractivity contribution in [1.29, 1.82) is 0 Å². The first-order valence-corrected chi connectivity index (χ1v) is 9.01. The minimum atomic E-state index is -0.701. The van der Waals surface area contributed by atoms with E-state index in [1.165, 1.54) is 5.56 Å². The summed E-state index contributed by atoms with van der Waals surface area (Å²) in [7, 11) is 0. The first-order valence-electron chi connectivity index (χ1n) is 9.01. The number of piperidine rings is 1. The highest BCUT2D eigenvalue weighted by Gasteiger charge is 2.25. The molecule has 1 aliphatic heterocycles. The lowest BCUT2D eigenvalue weighted by Gasteiger charge is -2.31. The van der Waals surface area contributed by atoms with E-state index in [2.05, 4.69) is 53.1 Å². The molecule has 1 aliphatic rings. The summed E-state index contributed by atoms with van der Waals surface area (Å²) >= 11 is 0. The van der Waals surface area contributed by atoms with Crippen LogP contribution in [0.25, 0.3) is 0 Å². The number of hydrogen-bond acceptors (Lipinski definition) is 5. The topological polar surface area (TPSA) is 78.4 Å². The number of rotatable bonds is 4. The lowest BCUT2D eigenvalue weighted by Crippen LogP contribution is -2.36. The van der Waals surface area contributed by atoms with Crippen molar-refractivity contribution < 1.29 is 9.90 Å². The van der Waals surface area contributed by atoms with Crippen LogP contribution in [-0.2, 0) is 10.2 Å². The van der Waals surface area contributed by atoms with Gasteiger partial charge in [-0.15, -0.1) is 0 Å². The first kappa shape index (κ1) is 18.2. The number of nitrogens with one attached hydrogen (secondary N) is 1. The number of benzene rings is 1. The van der Waals surface area contributed by atoms with Crippen LogP contribution in [0, 0.1) is 5.92 Å². The number of hydrogen-bond donors (Lipinski definition) is 2. The number of carboxylic acid groups (broad SMARTS) is 1. The van der Waals surface area contributed by atoms with Crippen LogP contribution in [0.5, 0.6) is 0 Å². The Morgan fingerprint density at radius 1 is 1.15 bits per heavy atom. The van der Waals surface area contributed by atoms with Crippen LogP contribution in [0.15, 0.2) is 36.5 Å². The summed E-state index contributed by atoms with van der Waals surface area (Å²) in [4.78, 5) is 22.1. The van der Waals surface area contributed by atoms with E-state index < -0.39 is 5.97 Å². The largest absolute Gasteiger partial charge is 0.481 e. The van der Waals surface area contributed by atoms with Gasteiger partial charge in [0.25, 0.3) is 0 Å². The molecule has 0 spiro atoms. The Kier molecular flexibility index (Phi) is 5.11. The molecule has 6 nitrogen and oxygen atoms in total. The molecule has 138 valence electrons. The van der Waals surface area contributed by atoms with Gasteiger partial charge in [0.1, 0.15) is 5.82 Å². The monoisotopic (exact) mass is 354 g/mol. The molecule has 0 unspecified atom stereocenters. The molecule has 0 radical (unpaired) electrons. The van der Waals surface area contributed by atoms with E-state index in [1.54, 1.807) is 6.20 Å². The molecule has 3 rings (SSSR count). The van der Waals surface area contributed by atoms with Crippen molar-refractivity contribution in [2.75, 3.05) is 23.3 Å².